The minimum Gasteiger partial charge on any atom is -0.207 e. The van der Waals surface area contributed by atoms with Crippen molar-refractivity contribution < 1.29 is 21.6 Å². The third kappa shape index (κ3) is 3.95. The molecule has 1 aromatic carbocycles. The molecule has 3 nitrogen and oxygen atoms in total. The van der Waals surface area contributed by atoms with Gasteiger partial charge in [0.2, 0.25) is 10.0 Å². The maximum Gasteiger partial charge on any atom is 0.248 e. The Kier molecular flexibility index (Phi) is 6.47. The van der Waals surface area contributed by atoms with Crippen LogP contribution < -0.4 is 0 Å². The van der Waals surface area contributed by atoms with Crippen molar-refractivity contribution in [1.82, 2.24) is 4.31 Å². The van der Waals surface area contributed by atoms with Gasteiger partial charge in [0, 0.05) is 30.6 Å². The topological polar surface area (TPSA) is 37.4 Å². The van der Waals surface area contributed by atoms with Crippen LogP contribution in [0.5, 0.6) is 0 Å². The second kappa shape index (κ2) is 7.42. The number of unbranched alkanes of at least 4 members (excludes halogenated alkanes) is 1. The number of benzene rings is 1. The van der Waals surface area contributed by atoms with Crippen LogP contribution in [0.25, 0.3) is 0 Å². The molecule has 114 valence electrons. The third-order valence-electron chi connectivity index (χ3n) is 2.66. The zero-order chi connectivity index (χ0) is 15.3. The number of hydrogen-bond donors (Lipinski definition) is 0. The lowest BCUT2D eigenvalue weighted by Gasteiger charge is -2.21. The first-order valence-corrected chi connectivity index (χ1v) is 8.61. The molecule has 0 spiro atoms. The normalized spacial score (nSPS) is 12.1. The van der Waals surface area contributed by atoms with Crippen LogP contribution in [0.15, 0.2) is 17.0 Å². The van der Waals surface area contributed by atoms with Gasteiger partial charge in [0.15, 0.2) is 4.90 Å². The average molecular weight is 374 g/mol. The lowest BCUT2D eigenvalue weighted by Crippen LogP contribution is -2.34. The largest absolute Gasteiger partial charge is 0.248 e. The van der Waals surface area contributed by atoms with Crippen LogP contribution in [0.2, 0.25) is 0 Å². The van der Waals surface area contributed by atoms with E-state index in [0.717, 1.165) is 10.7 Å². The van der Waals surface area contributed by atoms with E-state index in [1.807, 2.05) is 6.92 Å². The van der Waals surface area contributed by atoms with Crippen molar-refractivity contribution in [3.63, 3.8) is 0 Å². The summed E-state index contributed by atoms with van der Waals surface area (Å²) >= 11 is 3.10. The van der Waals surface area contributed by atoms with Gasteiger partial charge >= 0.3 is 0 Å². The molecule has 0 fully saturated rings. The molecule has 0 saturated heterocycles. The van der Waals surface area contributed by atoms with Crippen LogP contribution in [0, 0.1) is 17.5 Å². The molecule has 20 heavy (non-hydrogen) atoms. The molecular weight excluding hydrogens is 359 g/mol. The zero-order valence-corrected chi connectivity index (χ0v) is 13.3. The van der Waals surface area contributed by atoms with Crippen LogP contribution in [0.1, 0.15) is 19.8 Å². The third-order valence-corrected chi connectivity index (χ3v) is 4.96. The van der Waals surface area contributed by atoms with E-state index >= 15 is 0 Å². The zero-order valence-electron chi connectivity index (χ0n) is 10.9. The monoisotopic (exact) mass is 373 g/mol. The fraction of sp³-hybridized carbons (Fsp3) is 0.500. The first-order valence-electron chi connectivity index (χ1n) is 6.05. The molecular formula is C12H15BrF3NO2S. The fourth-order valence-corrected chi connectivity index (χ4v) is 3.92. The number of sulfonamides is 1. The van der Waals surface area contributed by atoms with Gasteiger partial charge in [-0.25, -0.2) is 21.6 Å². The van der Waals surface area contributed by atoms with E-state index in [1.165, 1.54) is 0 Å². The maximum atomic E-state index is 13.6. The molecule has 0 amide bonds. The van der Waals surface area contributed by atoms with Gasteiger partial charge in [-0.2, -0.15) is 4.31 Å². The summed E-state index contributed by atoms with van der Waals surface area (Å²) in [7, 11) is -4.33. The molecule has 8 heteroatoms. The minimum atomic E-state index is -4.33. The summed E-state index contributed by atoms with van der Waals surface area (Å²) in [4.78, 5) is -1.10. The highest BCUT2D eigenvalue weighted by Gasteiger charge is 2.30. The Hall–Kier alpha value is -0.600. The van der Waals surface area contributed by atoms with E-state index < -0.39 is 32.4 Å². The number of nitrogens with zero attached hydrogens (tertiary/aromatic N) is 1. The van der Waals surface area contributed by atoms with Crippen molar-refractivity contribution >= 4 is 26.0 Å². The first kappa shape index (κ1) is 17.5. The van der Waals surface area contributed by atoms with E-state index in [9.17, 15) is 21.6 Å². The summed E-state index contributed by atoms with van der Waals surface area (Å²) < 4.78 is 65.7. The van der Waals surface area contributed by atoms with E-state index in [2.05, 4.69) is 15.9 Å². The maximum absolute atomic E-state index is 13.6. The van der Waals surface area contributed by atoms with Crippen molar-refractivity contribution in [2.45, 2.75) is 24.7 Å². The molecule has 0 saturated carbocycles. The lowest BCUT2D eigenvalue weighted by molar-refractivity contribution is 0.410. The quantitative estimate of drug-likeness (QED) is 0.687. The highest BCUT2D eigenvalue weighted by molar-refractivity contribution is 9.09. The first-order chi connectivity index (χ1) is 9.34. The van der Waals surface area contributed by atoms with Crippen molar-refractivity contribution in [3.8, 4) is 0 Å². The highest BCUT2D eigenvalue weighted by Crippen LogP contribution is 2.24. The minimum absolute atomic E-state index is 0.0819. The van der Waals surface area contributed by atoms with Crippen LogP contribution in [-0.2, 0) is 10.0 Å². The van der Waals surface area contributed by atoms with Gasteiger partial charge in [-0.1, -0.05) is 29.3 Å². The van der Waals surface area contributed by atoms with Crippen LogP contribution >= 0.6 is 15.9 Å². The second-order valence-electron chi connectivity index (χ2n) is 4.15. The molecule has 0 unspecified atom stereocenters. The van der Waals surface area contributed by atoms with Gasteiger partial charge in [-0.15, -0.1) is 0 Å². The summed E-state index contributed by atoms with van der Waals surface area (Å²) in [6.07, 6.45) is 1.30. The Morgan fingerprint density at radius 2 is 1.70 bits per heavy atom. The van der Waals surface area contributed by atoms with Gasteiger partial charge in [-0.05, 0) is 6.42 Å². The molecule has 0 N–H and O–H groups in total. The summed E-state index contributed by atoms with van der Waals surface area (Å²) in [6, 6.07) is 0.726. The number of hydrogen-bond acceptors (Lipinski definition) is 2. The van der Waals surface area contributed by atoms with Crippen LogP contribution in [-0.4, -0.2) is 31.1 Å². The van der Waals surface area contributed by atoms with E-state index in [4.69, 9.17) is 0 Å². The number of alkyl halides is 1. The van der Waals surface area contributed by atoms with Crippen LogP contribution in [0.3, 0.4) is 0 Å². The van der Waals surface area contributed by atoms with Crippen LogP contribution in [0.4, 0.5) is 13.2 Å². The molecule has 0 heterocycles. The van der Waals surface area contributed by atoms with Gasteiger partial charge in [0.25, 0.3) is 0 Å². The summed E-state index contributed by atoms with van der Waals surface area (Å²) in [5, 5.41) is 0.334. The lowest BCUT2D eigenvalue weighted by atomic mass is 10.3. The molecule has 0 aliphatic heterocycles. The Labute approximate surface area is 125 Å². The Morgan fingerprint density at radius 3 is 2.15 bits per heavy atom. The molecule has 1 rings (SSSR count). The SMILES string of the molecule is CCCCN(CCBr)S(=O)(=O)c1c(F)cc(F)cc1F. The Bertz CT molecular complexity index is 543. The van der Waals surface area contributed by atoms with Gasteiger partial charge in [0.05, 0.1) is 0 Å². The predicted octanol–water partition coefficient (Wildman–Crippen LogP) is 3.29. The Balaban J connectivity index is 3.26. The van der Waals surface area contributed by atoms with E-state index in [0.29, 0.717) is 23.9 Å². The van der Waals surface area contributed by atoms with Crippen molar-refractivity contribution in [2.24, 2.45) is 0 Å². The van der Waals surface area contributed by atoms with Crippen molar-refractivity contribution in [2.75, 3.05) is 18.4 Å². The molecule has 0 aliphatic rings. The highest BCUT2D eigenvalue weighted by atomic mass is 79.9. The van der Waals surface area contributed by atoms with Crippen molar-refractivity contribution in [3.05, 3.63) is 29.6 Å². The van der Waals surface area contributed by atoms with Gasteiger partial charge in [-0.3, -0.25) is 0 Å². The smallest absolute Gasteiger partial charge is 0.207 e. The fourth-order valence-electron chi connectivity index (χ4n) is 1.69. The predicted molar refractivity (Wildman–Crippen MR) is 73.8 cm³/mol. The number of rotatable bonds is 7. The van der Waals surface area contributed by atoms with Gasteiger partial charge < -0.3 is 0 Å². The summed E-state index contributed by atoms with van der Waals surface area (Å²) in [5.41, 5.74) is 0. The van der Waals surface area contributed by atoms with E-state index in [1.54, 1.807) is 0 Å². The second-order valence-corrected chi connectivity index (χ2v) is 6.81. The summed E-state index contributed by atoms with van der Waals surface area (Å²) in [5.74, 6) is -3.99. The van der Waals surface area contributed by atoms with E-state index in [-0.39, 0.29) is 13.1 Å². The molecule has 0 aliphatic carbocycles. The van der Waals surface area contributed by atoms with Gasteiger partial charge in [0.1, 0.15) is 17.5 Å². The molecule has 0 atom stereocenters. The number of halogens is 4. The molecule has 0 aromatic heterocycles. The summed E-state index contributed by atoms with van der Waals surface area (Å²) in [6.45, 7) is 2.11. The molecule has 1 aromatic rings. The standard InChI is InChI=1S/C12H15BrF3NO2S/c1-2-3-5-17(6-4-13)20(18,19)12-10(15)7-9(14)8-11(12)16/h7-8H,2-6H2,1H3. The average Bonchev–Trinajstić information content (AvgIpc) is 2.32. The molecule has 0 radical (unpaired) electrons. The van der Waals surface area contributed by atoms with Crippen molar-refractivity contribution in [1.29, 1.82) is 0 Å². The molecule has 0 bridgehead atoms. The Morgan fingerprint density at radius 1 is 1.15 bits per heavy atom.